The van der Waals surface area contributed by atoms with Gasteiger partial charge in [-0.3, -0.25) is 0 Å². The Morgan fingerprint density at radius 3 is 2.04 bits per heavy atom. The Morgan fingerprint density at radius 1 is 0.885 bits per heavy atom. The van der Waals surface area contributed by atoms with Crippen LogP contribution < -0.4 is 4.90 Å². The van der Waals surface area contributed by atoms with Gasteiger partial charge in [0.15, 0.2) is 0 Å². The van der Waals surface area contributed by atoms with Gasteiger partial charge in [-0.05, 0) is 59.5 Å². The van der Waals surface area contributed by atoms with Crippen LogP contribution >= 0.6 is 0 Å². The molecule has 0 saturated carbocycles. The summed E-state index contributed by atoms with van der Waals surface area (Å²) in [5.41, 5.74) is 6.52. The van der Waals surface area contributed by atoms with Crippen LogP contribution in [0.5, 0.6) is 0 Å². The van der Waals surface area contributed by atoms with E-state index in [0.717, 1.165) is 19.4 Å². The molecule has 0 aliphatic carbocycles. The maximum atomic E-state index is 2.32. The quantitative estimate of drug-likeness (QED) is 0.661. The van der Waals surface area contributed by atoms with E-state index in [9.17, 15) is 0 Å². The number of hydrogen-bond acceptors (Lipinski definition) is 2. The Balaban J connectivity index is 1.55. The molecule has 26 heavy (non-hydrogen) atoms. The number of nitrogens with zero attached hydrogens (tertiary/aromatic N) is 2. The summed E-state index contributed by atoms with van der Waals surface area (Å²) in [6.45, 7) is 1.02. The summed E-state index contributed by atoms with van der Waals surface area (Å²) in [6, 6.07) is 17.5. The van der Waals surface area contributed by atoms with E-state index in [2.05, 4.69) is 110 Å². The zero-order valence-corrected chi connectivity index (χ0v) is 16.0. The molecule has 0 N–H and O–H groups in total. The van der Waals surface area contributed by atoms with Gasteiger partial charge in [-0.15, -0.1) is 0 Å². The summed E-state index contributed by atoms with van der Waals surface area (Å²) in [4.78, 5) is 4.31. The Labute approximate surface area is 157 Å². The first-order valence-electron chi connectivity index (χ1n) is 9.22. The van der Waals surface area contributed by atoms with Crippen molar-refractivity contribution in [1.82, 2.24) is 4.90 Å². The monoisotopic (exact) mass is 344 g/mol. The number of hydrogen-bond donors (Lipinski definition) is 0. The molecule has 0 amide bonds. The highest BCUT2D eigenvalue weighted by atomic mass is 15.1. The maximum absolute atomic E-state index is 2.32. The number of aryl methyl sites for hydroxylation is 1. The SMILES string of the molecule is CN1C=CC(CCc2ccc(/C=C/c3ccc(N(C)C)cc3)cc2)=CC1. The largest absolute Gasteiger partial charge is 0.378 e. The molecule has 1 heterocycles. The van der Waals surface area contributed by atoms with Crippen molar-refractivity contribution in [2.45, 2.75) is 12.8 Å². The summed E-state index contributed by atoms with van der Waals surface area (Å²) in [5, 5.41) is 0. The van der Waals surface area contributed by atoms with Gasteiger partial charge in [-0.25, -0.2) is 0 Å². The predicted octanol–water partition coefficient (Wildman–Crippen LogP) is 5.24. The fraction of sp³-hybridized carbons (Fsp3) is 0.250. The van der Waals surface area contributed by atoms with E-state index in [-0.39, 0.29) is 0 Å². The molecule has 1 aliphatic rings. The standard InChI is InChI=1S/C24H28N2/c1-25(2)24-14-12-22(13-15-24)9-8-20-4-6-21(7-5-20)10-11-23-16-18-26(3)19-17-23/h4-9,12-18H,10-11,19H2,1-3H3/b9-8+. The minimum absolute atomic E-state index is 1.02. The average molecular weight is 345 g/mol. The van der Waals surface area contributed by atoms with Gasteiger partial charge in [0.2, 0.25) is 0 Å². The lowest BCUT2D eigenvalue weighted by molar-refractivity contribution is 0.500. The first-order chi connectivity index (χ1) is 12.6. The first kappa shape index (κ1) is 18.1. The van der Waals surface area contributed by atoms with Crippen molar-refractivity contribution in [3.8, 4) is 0 Å². The van der Waals surface area contributed by atoms with Gasteiger partial charge < -0.3 is 9.80 Å². The minimum atomic E-state index is 1.02. The molecule has 1 aliphatic heterocycles. The second-order valence-electron chi connectivity index (χ2n) is 7.10. The lowest BCUT2D eigenvalue weighted by Gasteiger charge is -2.17. The first-order valence-corrected chi connectivity index (χ1v) is 9.22. The topological polar surface area (TPSA) is 6.48 Å². The molecule has 0 atom stereocenters. The Hall–Kier alpha value is -2.74. The van der Waals surface area contributed by atoms with Gasteiger partial charge in [-0.1, -0.05) is 54.6 Å². The van der Waals surface area contributed by atoms with Crippen LogP contribution in [0.1, 0.15) is 23.1 Å². The lowest BCUT2D eigenvalue weighted by atomic mass is 10.0. The van der Waals surface area contributed by atoms with Gasteiger partial charge in [0.05, 0.1) is 0 Å². The second-order valence-corrected chi connectivity index (χ2v) is 7.10. The van der Waals surface area contributed by atoms with Gasteiger partial charge in [0.25, 0.3) is 0 Å². The van der Waals surface area contributed by atoms with Crippen LogP contribution in [0.2, 0.25) is 0 Å². The van der Waals surface area contributed by atoms with Crippen molar-refractivity contribution < 1.29 is 0 Å². The normalized spacial score (nSPS) is 14.0. The Kier molecular flexibility index (Phi) is 5.96. The molecule has 0 aromatic heterocycles. The molecular formula is C24H28N2. The molecule has 3 rings (SSSR count). The van der Waals surface area contributed by atoms with Crippen LogP contribution in [-0.4, -0.2) is 32.6 Å². The van der Waals surface area contributed by atoms with E-state index < -0.39 is 0 Å². The third-order valence-corrected chi connectivity index (χ3v) is 4.74. The highest BCUT2D eigenvalue weighted by molar-refractivity contribution is 5.70. The van der Waals surface area contributed by atoms with Crippen LogP contribution in [0.15, 0.2) is 72.5 Å². The molecule has 2 aromatic rings. The Morgan fingerprint density at radius 2 is 1.50 bits per heavy atom. The molecule has 2 aromatic carbocycles. The van der Waals surface area contributed by atoms with E-state index in [4.69, 9.17) is 0 Å². The molecule has 0 fully saturated rings. The molecule has 0 unspecified atom stereocenters. The fourth-order valence-corrected chi connectivity index (χ4v) is 2.96. The highest BCUT2D eigenvalue weighted by Gasteiger charge is 2.01. The molecule has 2 nitrogen and oxygen atoms in total. The van der Waals surface area contributed by atoms with Crippen LogP contribution in [0.25, 0.3) is 12.2 Å². The van der Waals surface area contributed by atoms with Crippen molar-refractivity contribution >= 4 is 17.8 Å². The smallest absolute Gasteiger partial charge is 0.0361 e. The van der Waals surface area contributed by atoms with E-state index in [0.29, 0.717) is 0 Å². The fourth-order valence-electron chi connectivity index (χ4n) is 2.96. The summed E-state index contributed by atoms with van der Waals surface area (Å²) in [6.07, 6.45) is 13.3. The van der Waals surface area contributed by atoms with Crippen molar-refractivity contribution in [3.05, 3.63) is 89.1 Å². The van der Waals surface area contributed by atoms with Crippen LogP contribution in [0, 0.1) is 0 Å². The number of allylic oxidation sites excluding steroid dienone is 2. The van der Waals surface area contributed by atoms with Crippen molar-refractivity contribution in [3.63, 3.8) is 0 Å². The Bertz CT molecular complexity index is 793. The average Bonchev–Trinajstić information content (AvgIpc) is 2.67. The molecule has 134 valence electrons. The van der Waals surface area contributed by atoms with E-state index in [1.807, 2.05) is 0 Å². The van der Waals surface area contributed by atoms with Crippen molar-refractivity contribution in [1.29, 1.82) is 0 Å². The predicted molar refractivity (Wildman–Crippen MR) is 114 cm³/mol. The molecule has 0 radical (unpaired) electrons. The highest BCUT2D eigenvalue weighted by Crippen LogP contribution is 2.17. The molecule has 0 spiro atoms. The summed E-state index contributed by atoms with van der Waals surface area (Å²) in [7, 11) is 6.23. The molecule has 0 saturated heterocycles. The molecule has 2 heteroatoms. The van der Waals surface area contributed by atoms with E-state index >= 15 is 0 Å². The maximum Gasteiger partial charge on any atom is 0.0361 e. The number of benzene rings is 2. The molecular weight excluding hydrogens is 316 g/mol. The van der Waals surface area contributed by atoms with Gasteiger partial charge in [-0.2, -0.15) is 0 Å². The third-order valence-electron chi connectivity index (χ3n) is 4.74. The number of anilines is 1. The minimum Gasteiger partial charge on any atom is -0.378 e. The van der Waals surface area contributed by atoms with Crippen LogP contribution in [0.3, 0.4) is 0 Å². The second kappa shape index (κ2) is 8.57. The summed E-state index contributed by atoms with van der Waals surface area (Å²) < 4.78 is 0. The van der Waals surface area contributed by atoms with Crippen LogP contribution in [0.4, 0.5) is 5.69 Å². The lowest BCUT2D eigenvalue weighted by Crippen LogP contribution is -2.13. The van der Waals surface area contributed by atoms with Crippen LogP contribution in [-0.2, 0) is 6.42 Å². The third kappa shape index (κ3) is 5.13. The number of likely N-dealkylation sites (N-methyl/N-ethyl adjacent to an activating group) is 1. The zero-order valence-electron chi connectivity index (χ0n) is 16.0. The zero-order chi connectivity index (χ0) is 18.4. The van der Waals surface area contributed by atoms with Crippen molar-refractivity contribution in [2.75, 3.05) is 32.6 Å². The van der Waals surface area contributed by atoms with E-state index in [1.165, 1.54) is 28.0 Å². The number of rotatable bonds is 6. The van der Waals surface area contributed by atoms with E-state index in [1.54, 1.807) is 0 Å². The van der Waals surface area contributed by atoms with Gasteiger partial charge in [0.1, 0.15) is 0 Å². The summed E-state index contributed by atoms with van der Waals surface area (Å²) in [5.74, 6) is 0. The van der Waals surface area contributed by atoms with Crippen molar-refractivity contribution in [2.24, 2.45) is 0 Å². The van der Waals surface area contributed by atoms with Gasteiger partial charge >= 0.3 is 0 Å². The molecule has 0 bridgehead atoms. The summed E-state index contributed by atoms with van der Waals surface area (Å²) >= 11 is 0. The van der Waals surface area contributed by atoms with Gasteiger partial charge in [0, 0.05) is 33.4 Å².